The average molecular weight is 290 g/mol. The monoisotopic (exact) mass is 290 g/mol. The van der Waals surface area contributed by atoms with Crippen molar-refractivity contribution in [2.45, 2.75) is 45.1 Å². The second-order valence-corrected chi connectivity index (χ2v) is 5.58. The van der Waals surface area contributed by atoms with Gasteiger partial charge >= 0.3 is 0 Å². The van der Waals surface area contributed by atoms with Crippen LogP contribution in [0, 0.1) is 10.1 Å². The lowest BCUT2D eigenvalue weighted by Crippen LogP contribution is -2.40. The van der Waals surface area contributed by atoms with Gasteiger partial charge < -0.3 is 0 Å². The van der Waals surface area contributed by atoms with Crippen LogP contribution in [0.4, 0.5) is 5.69 Å². The molecule has 0 N–H and O–H groups in total. The highest BCUT2D eigenvalue weighted by Gasteiger charge is 2.22. The minimum absolute atomic E-state index is 0.0196. The molecule has 5 heteroatoms. The van der Waals surface area contributed by atoms with Gasteiger partial charge in [0.2, 0.25) is 0 Å². The van der Waals surface area contributed by atoms with Gasteiger partial charge in [-0.05, 0) is 31.5 Å². The molecule has 1 aliphatic carbocycles. The number of carbonyl (C=O) groups excluding carboxylic acids is 1. The van der Waals surface area contributed by atoms with E-state index in [9.17, 15) is 14.9 Å². The van der Waals surface area contributed by atoms with E-state index in [0.29, 0.717) is 18.2 Å². The van der Waals surface area contributed by atoms with Crippen molar-refractivity contribution in [1.82, 2.24) is 4.90 Å². The van der Waals surface area contributed by atoms with Crippen molar-refractivity contribution >= 4 is 11.5 Å². The lowest BCUT2D eigenvalue weighted by molar-refractivity contribution is -0.384. The lowest BCUT2D eigenvalue weighted by atomic mass is 9.94. The molecule has 0 aliphatic heterocycles. The summed E-state index contributed by atoms with van der Waals surface area (Å²) in [7, 11) is 0. The van der Waals surface area contributed by atoms with E-state index in [-0.39, 0.29) is 11.5 Å². The van der Waals surface area contributed by atoms with E-state index >= 15 is 0 Å². The average Bonchev–Trinajstić information content (AvgIpc) is 2.53. The standard InChI is InChI=1S/C16H22N2O3/c1-2-17(14-6-4-3-5-7-14)12-16(19)13-8-10-15(11-9-13)18(20)21/h8-11,14H,2-7,12H2,1H3. The van der Waals surface area contributed by atoms with Crippen molar-refractivity contribution in [2.24, 2.45) is 0 Å². The summed E-state index contributed by atoms with van der Waals surface area (Å²) in [5.41, 5.74) is 0.570. The number of nitrogens with zero attached hydrogens (tertiary/aromatic N) is 2. The van der Waals surface area contributed by atoms with Crippen LogP contribution >= 0.6 is 0 Å². The van der Waals surface area contributed by atoms with Crippen molar-refractivity contribution in [3.05, 3.63) is 39.9 Å². The minimum Gasteiger partial charge on any atom is -0.293 e. The van der Waals surface area contributed by atoms with Crippen LogP contribution in [0.1, 0.15) is 49.4 Å². The molecule has 0 unspecified atom stereocenters. The summed E-state index contributed by atoms with van der Waals surface area (Å²) in [5, 5.41) is 10.6. The highest BCUT2D eigenvalue weighted by Crippen LogP contribution is 2.23. The molecule has 0 atom stereocenters. The van der Waals surface area contributed by atoms with Crippen LogP contribution < -0.4 is 0 Å². The van der Waals surface area contributed by atoms with E-state index in [1.807, 2.05) is 0 Å². The van der Waals surface area contributed by atoms with Gasteiger partial charge in [0, 0.05) is 23.7 Å². The Morgan fingerprint density at radius 3 is 2.38 bits per heavy atom. The molecule has 114 valence electrons. The summed E-state index contributed by atoms with van der Waals surface area (Å²) < 4.78 is 0. The van der Waals surface area contributed by atoms with E-state index in [2.05, 4.69) is 11.8 Å². The van der Waals surface area contributed by atoms with Crippen molar-refractivity contribution in [2.75, 3.05) is 13.1 Å². The van der Waals surface area contributed by atoms with E-state index < -0.39 is 4.92 Å². The van der Waals surface area contributed by atoms with Gasteiger partial charge in [0.25, 0.3) is 5.69 Å². The molecule has 0 amide bonds. The number of non-ortho nitro benzene ring substituents is 1. The van der Waals surface area contributed by atoms with Crippen LogP contribution in [0.5, 0.6) is 0 Å². The zero-order chi connectivity index (χ0) is 15.2. The number of nitro groups is 1. The van der Waals surface area contributed by atoms with Crippen LogP contribution in [-0.4, -0.2) is 34.7 Å². The summed E-state index contributed by atoms with van der Waals surface area (Å²) in [6.45, 7) is 3.35. The minimum atomic E-state index is -0.450. The van der Waals surface area contributed by atoms with E-state index in [0.717, 1.165) is 6.54 Å². The zero-order valence-corrected chi connectivity index (χ0v) is 12.5. The molecule has 0 bridgehead atoms. The van der Waals surface area contributed by atoms with Gasteiger partial charge in [-0.2, -0.15) is 0 Å². The van der Waals surface area contributed by atoms with Crippen LogP contribution in [0.3, 0.4) is 0 Å². The Hall–Kier alpha value is -1.75. The third kappa shape index (κ3) is 4.11. The maximum Gasteiger partial charge on any atom is 0.269 e. The van der Waals surface area contributed by atoms with Crippen LogP contribution in [0.25, 0.3) is 0 Å². The normalized spacial score (nSPS) is 16.1. The topological polar surface area (TPSA) is 63.5 Å². The summed E-state index contributed by atoms with van der Waals surface area (Å²) in [4.78, 5) is 24.7. The third-order valence-corrected chi connectivity index (χ3v) is 4.24. The SMILES string of the molecule is CCN(CC(=O)c1ccc([N+](=O)[O-])cc1)C1CCCCC1. The van der Waals surface area contributed by atoms with E-state index in [4.69, 9.17) is 0 Å². The molecule has 0 spiro atoms. The molecule has 0 radical (unpaired) electrons. The predicted molar refractivity (Wildman–Crippen MR) is 81.5 cm³/mol. The molecule has 1 aromatic carbocycles. The quantitative estimate of drug-likeness (QED) is 0.457. The number of nitro benzene ring substituents is 1. The summed E-state index contributed by atoms with van der Waals surface area (Å²) in [6, 6.07) is 6.39. The molecule has 1 aromatic rings. The summed E-state index contributed by atoms with van der Waals surface area (Å²) in [6.07, 6.45) is 6.12. The predicted octanol–water partition coefficient (Wildman–Crippen LogP) is 3.43. The van der Waals surface area contributed by atoms with Gasteiger partial charge in [-0.15, -0.1) is 0 Å². The highest BCUT2D eigenvalue weighted by molar-refractivity contribution is 5.97. The molecule has 0 saturated heterocycles. The van der Waals surface area contributed by atoms with Gasteiger partial charge in [0.1, 0.15) is 0 Å². The first-order valence-electron chi connectivity index (χ1n) is 7.63. The highest BCUT2D eigenvalue weighted by atomic mass is 16.6. The Labute approximate surface area is 125 Å². The van der Waals surface area contributed by atoms with Crippen LogP contribution in [0.2, 0.25) is 0 Å². The lowest BCUT2D eigenvalue weighted by Gasteiger charge is -2.32. The van der Waals surface area contributed by atoms with Crippen molar-refractivity contribution in [3.63, 3.8) is 0 Å². The van der Waals surface area contributed by atoms with Crippen molar-refractivity contribution in [3.8, 4) is 0 Å². The van der Waals surface area contributed by atoms with E-state index in [1.54, 1.807) is 12.1 Å². The molecule has 2 rings (SSSR count). The fourth-order valence-electron chi connectivity index (χ4n) is 2.99. The molecular formula is C16H22N2O3. The first kappa shape index (κ1) is 15.6. The van der Waals surface area contributed by atoms with Gasteiger partial charge in [-0.25, -0.2) is 0 Å². The van der Waals surface area contributed by atoms with Gasteiger partial charge in [-0.1, -0.05) is 26.2 Å². The number of hydrogen-bond acceptors (Lipinski definition) is 4. The number of ketones is 1. The molecule has 1 saturated carbocycles. The first-order chi connectivity index (χ1) is 10.1. The number of benzene rings is 1. The largest absolute Gasteiger partial charge is 0.293 e. The van der Waals surface area contributed by atoms with Crippen molar-refractivity contribution in [1.29, 1.82) is 0 Å². The molecular weight excluding hydrogens is 268 g/mol. The van der Waals surface area contributed by atoms with Gasteiger partial charge in [-0.3, -0.25) is 19.8 Å². The second-order valence-electron chi connectivity index (χ2n) is 5.58. The molecule has 1 aliphatic rings. The number of hydrogen-bond donors (Lipinski definition) is 0. The molecule has 0 aromatic heterocycles. The Morgan fingerprint density at radius 2 is 1.86 bits per heavy atom. The Morgan fingerprint density at radius 1 is 1.24 bits per heavy atom. The number of Topliss-reactive ketones (excluding diaryl/α,β-unsaturated/α-hetero) is 1. The zero-order valence-electron chi connectivity index (χ0n) is 12.5. The van der Waals surface area contributed by atoms with E-state index in [1.165, 1.54) is 44.2 Å². The Balaban J connectivity index is 1.99. The maximum atomic E-state index is 12.3. The number of carbonyl (C=O) groups is 1. The summed E-state index contributed by atoms with van der Waals surface area (Å²) in [5.74, 6) is 0.0392. The fourth-order valence-corrected chi connectivity index (χ4v) is 2.99. The van der Waals surface area contributed by atoms with Gasteiger partial charge in [0.15, 0.2) is 5.78 Å². The number of rotatable bonds is 6. The molecule has 1 fully saturated rings. The Bertz CT molecular complexity index is 493. The van der Waals surface area contributed by atoms with Gasteiger partial charge in [0.05, 0.1) is 11.5 Å². The van der Waals surface area contributed by atoms with Crippen LogP contribution in [-0.2, 0) is 0 Å². The third-order valence-electron chi connectivity index (χ3n) is 4.24. The molecule has 21 heavy (non-hydrogen) atoms. The number of likely N-dealkylation sites (N-methyl/N-ethyl adjacent to an activating group) is 1. The summed E-state index contributed by atoms with van der Waals surface area (Å²) >= 11 is 0. The maximum absolute atomic E-state index is 12.3. The fraction of sp³-hybridized carbons (Fsp3) is 0.562. The molecule has 0 heterocycles. The molecule has 5 nitrogen and oxygen atoms in total. The Kier molecular flexibility index (Phi) is 5.44. The second kappa shape index (κ2) is 7.31. The first-order valence-corrected chi connectivity index (χ1v) is 7.63. The van der Waals surface area contributed by atoms with Crippen LogP contribution in [0.15, 0.2) is 24.3 Å². The van der Waals surface area contributed by atoms with Crippen molar-refractivity contribution < 1.29 is 9.72 Å². The smallest absolute Gasteiger partial charge is 0.269 e.